The highest BCUT2D eigenvalue weighted by atomic mass is 35.5. The molecule has 1 amide bonds. The normalized spacial score (nSPS) is 10.7. The molecule has 9 nitrogen and oxygen atoms in total. The number of aryl methyl sites for hydroxylation is 1. The van der Waals surface area contributed by atoms with Crippen LogP contribution >= 0.6 is 11.6 Å². The van der Waals surface area contributed by atoms with E-state index in [-0.39, 0.29) is 5.91 Å². The van der Waals surface area contributed by atoms with Crippen LogP contribution in [0.5, 0.6) is 0 Å². The van der Waals surface area contributed by atoms with Crippen molar-refractivity contribution in [2.45, 2.75) is 6.92 Å². The molecule has 30 heavy (non-hydrogen) atoms. The fourth-order valence-electron chi connectivity index (χ4n) is 2.84. The number of aromatic nitrogens is 5. The van der Waals surface area contributed by atoms with Crippen molar-refractivity contribution in [1.82, 2.24) is 24.6 Å². The molecule has 0 fully saturated rings. The van der Waals surface area contributed by atoms with Gasteiger partial charge in [-0.1, -0.05) is 17.7 Å². The molecule has 3 N–H and O–H groups in total. The maximum atomic E-state index is 12.3. The molecule has 0 saturated heterocycles. The van der Waals surface area contributed by atoms with E-state index in [9.17, 15) is 4.79 Å². The van der Waals surface area contributed by atoms with Crippen molar-refractivity contribution in [2.75, 3.05) is 29.0 Å². The summed E-state index contributed by atoms with van der Waals surface area (Å²) in [5.74, 6) is 1.80. The monoisotopic (exact) mass is 422 g/mol. The Morgan fingerprint density at radius 1 is 1.10 bits per heavy atom. The minimum Gasteiger partial charge on any atom is -0.368 e. The third-order valence-corrected chi connectivity index (χ3v) is 4.46. The van der Waals surface area contributed by atoms with E-state index in [0.717, 1.165) is 11.5 Å². The molecule has 0 unspecified atom stereocenters. The number of amides is 1. The Labute approximate surface area is 177 Å². The van der Waals surface area contributed by atoms with Crippen LogP contribution in [0.3, 0.4) is 0 Å². The van der Waals surface area contributed by atoms with Gasteiger partial charge in [-0.2, -0.15) is 14.6 Å². The Hall–Kier alpha value is -3.72. The summed E-state index contributed by atoms with van der Waals surface area (Å²) in [6.07, 6.45) is 3.00. The summed E-state index contributed by atoms with van der Waals surface area (Å²) >= 11 is 5.94. The van der Waals surface area contributed by atoms with E-state index < -0.39 is 0 Å². The van der Waals surface area contributed by atoms with Crippen LogP contribution in [-0.2, 0) is 0 Å². The van der Waals surface area contributed by atoms with Crippen molar-refractivity contribution in [3.63, 3.8) is 0 Å². The molecule has 0 atom stereocenters. The van der Waals surface area contributed by atoms with Crippen LogP contribution < -0.4 is 16.0 Å². The fourth-order valence-corrected chi connectivity index (χ4v) is 3.03. The number of hydrogen-bond donors (Lipinski definition) is 3. The predicted octanol–water partition coefficient (Wildman–Crippen LogP) is 3.26. The summed E-state index contributed by atoms with van der Waals surface area (Å²) < 4.78 is 1.65. The Kier molecular flexibility index (Phi) is 5.71. The zero-order chi connectivity index (χ0) is 20.9. The number of carbonyl (C=O) groups excluding carboxylic acids is 1. The van der Waals surface area contributed by atoms with Crippen LogP contribution in [0.25, 0.3) is 5.78 Å². The lowest BCUT2D eigenvalue weighted by Crippen LogP contribution is -2.17. The van der Waals surface area contributed by atoms with Crippen LogP contribution in [-0.4, -0.2) is 43.6 Å². The molecule has 0 aliphatic heterocycles. The van der Waals surface area contributed by atoms with E-state index in [1.54, 1.807) is 40.9 Å². The summed E-state index contributed by atoms with van der Waals surface area (Å²) in [7, 11) is 0. The highest BCUT2D eigenvalue weighted by Crippen LogP contribution is 2.16. The SMILES string of the molecule is Cc1cc(NCCNc2ccc(C(=O)Nc3cccc(Cl)c3)cn2)n2ncnc2n1. The van der Waals surface area contributed by atoms with E-state index in [2.05, 4.69) is 36.0 Å². The number of nitrogens with one attached hydrogen (secondary N) is 3. The Morgan fingerprint density at radius 2 is 1.97 bits per heavy atom. The molecule has 3 aromatic heterocycles. The van der Waals surface area contributed by atoms with Crippen molar-refractivity contribution in [1.29, 1.82) is 0 Å². The standard InChI is InChI=1S/C20H19ClN8O/c1-13-9-18(29-20(27-13)25-12-26-29)23-8-7-22-17-6-5-14(11-24-17)19(30)28-16-4-2-3-15(21)10-16/h2-6,9-12,23H,7-8H2,1H3,(H,22,24)(H,28,30). The maximum Gasteiger partial charge on any atom is 0.257 e. The Bertz CT molecular complexity index is 1180. The number of anilines is 3. The van der Waals surface area contributed by atoms with Gasteiger partial charge in [0.2, 0.25) is 0 Å². The van der Waals surface area contributed by atoms with E-state index in [4.69, 9.17) is 11.6 Å². The molecule has 4 aromatic rings. The van der Waals surface area contributed by atoms with Crippen LogP contribution in [0.4, 0.5) is 17.3 Å². The van der Waals surface area contributed by atoms with Gasteiger partial charge in [-0.15, -0.1) is 0 Å². The van der Waals surface area contributed by atoms with Gasteiger partial charge in [0.15, 0.2) is 0 Å². The van der Waals surface area contributed by atoms with Gasteiger partial charge >= 0.3 is 0 Å². The molecule has 0 saturated carbocycles. The average molecular weight is 423 g/mol. The van der Waals surface area contributed by atoms with Gasteiger partial charge in [0.1, 0.15) is 18.0 Å². The second-order valence-corrected chi connectivity index (χ2v) is 6.94. The highest BCUT2D eigenvalue weighted by molar-refractivity contribution is 6.30. The Morgan fingerprint density at radius 3 is 2.77 bits per heavy atom. The van der Waals surface area contributed by atoms with Crippen molar-refractivity contribution in [2.24, 2.45) is 0 Å². The lowest BCUT2D eigenvalue weighted by Gasteiger charge is -2.10. The summed E-state index contributed by atoms with van der Waals surface area (Å²) in [4.78, 5) is 25.0. The second-order valence-electron chi connectivity index (χ2n) is 6.50. The van der Waals surface area contributed by atoms with Crippen molar-refractivity contribution >= 4 is 40.6 Å². The van der Waals surface area contributed by atoms with Gasteiger partial charge < -0.3 is 16.0 Å². The molecule has 10 heteroatoms. The van der Waals surface area contributed by atoms with E-state index in [0.29, 0.717) is 41.0 Å². The molecule has 4 rings (SSSR count). The lowest BCUT2D eigenvalue weighted by atomic mass is 10.2. The molecule has 0 aliphatic carbocycles. The summed E-state index contributed by atoms with van der Waals surface area (Å²) in [6, 6.07) is 12.4. The first-order valence-corrected chi connectivity index (χ1v) is 9.64. The predicted molar refractivity (Wildman–Crippen MR) is 116 cm³/mol. The second kappa shape index (κ2) is 8.75. The number of halogens is 1. The average Bonchev–Trinajstić information content (AvgIpc) is 3.20. The van der Waals surface area contributed by atoms with Crippen LogP contribution in [0.2, 0.25) is 5.02 Å². The van der Waals surface area contributed by atoms with Gasteiger partial charge in [-0.3, -0.25) is 4.79 Å². The molecule has 0 bridgehead atoms. The number of rotatable bonds is 7. The number of nitrogens with zero attached hydrogens (tertiary/aromatic N) is 5. The molecule has 1 aromatic carbocycles. The maximum absolute atomic E-state index is 12.3. The first-order valence-electron chi connectivity index (χ1n) is 9.26. The number of pyridine rings is 1. The number of hydrogen-bond acceptors (Lipinski definition) is 7. The number of benzene rings is 1. The highest BCUT2D eigenvalue weighted by Gasteiger charge is 2.08. The first-order chi connectivity index (χ1) is 14.6. The van der Waals surface area contributed by atoms with E-state index in [1.807, 2.05) is 13.0 Å². The van der Waals surface area contributed by atoms with Gasteiger partial charge in [-0.25, -0.2) is 9.97 Å². The molecule has 3 heterocycles. The third-order valence-electron chi connectivity index (χ3n) is 4.23. The zero-order valence-corrected chi connectivity index (χ0v) is 16.9. The van der Waals surface area contributed by atoms with Crippen molar-refractivity contribution < 1.29 is 4.79 Å². The summed E-state index contributed by atoms with van der Waals surface area (Å²) in [5.41, 5.74) is 1.95. The minimum absolute atomic E-state index is 0.247. The molecule has 152 valence electrons. The largest absolute Gasteiger partial charge is 0.368 e. The van der Waals surface area contributed by atoms with Crippen LogP contribution in [0, 0.1) is 6.92 Å². The van der Waals surface area contributed by atoms with Gasteiger partial charge in [0.05, 0.1) is 5.56 Å². The van der Waals surface area contributed by atoms with E-state index >= 15 is 0 Å². The zero-order valence-electron chi connectivity index (χ0n) is 16.1. The van der Waals surface area contributed by atoms with Gasteiger partial charge in [-0.05, 0) is 37.3 Å². The Balaban J connectivity index is 1.29. The first kappa shape index (κ1) is 19.6. The molecule has 0 spiro atoms. The number of fused-ring (bicyclic) bond motifs is 1. The molecule has 0 radical (unpaired) electrons. The summed E-state index contributed by atoms with van der Waals surface area (Å²) in [5, 5.41) is 14.0. The molecule has 0 aliphatic rings. The van der Waals surface area contributed by atoms with Crippen molar-refractivity contribution in [3.8, 4) is 0 Å². The third kappa shape index (κ3) is 4.64. The quantitative estimate of drug-likeness (QED) is 0.392. The van der Waals surface area contributed by atoms with Crippen LogP contribution in [0.1, 0.15) is 16.1 Å². The van der Waals surface area contributed by atoms with Gasteiger partial charge in [0.25, 0.3) is 11.7 Å². The molecular formula is C20H19ClN8O. The van der Waals surface area contributed by atoms with Crippen molar-refractivity contribution in [3.05, 3.63) is 71.3 Å². The number of carbonyl (C=O) groups is 1. The minimum atomic E-state index is -0.247. The fraction of sp³-hybridized carbons (Fsp3) is 0.150. The van der Waals surface area contributed by atoms with E-state index in [1.165, 1.54) is 12.5 Å². The topological polar surface area (TPSA) is 109 Å². The van der Waals surface area contributed by atoms with Crippen LogP contribution in [0.15, 0.2) is 55.0 Å². The summed E-state index contributed by atoms with van der Waals surface area (Å²) in [6.45, 7) is 3.17. The lowest BCUT2D eigenvalue weighted by molar-refractivity contribution is 0.102. The smallest absolute Gasteiger partial charge is 0.257 e. The molecular weight excluding hydrogens is 404 g/mol. The van der Waals surface area contributed by atoms with Gasteiger partial charge in [0, 0.05) is 41.8 Å².